The first kappa shape index (κ1) is 14.3. The number of benzene rings is 1. The molecule has 1 N–H and O–H groups in total. The molecule has 1 aliphatic rings. The van der Waals surface area contributed by atoms with E-state index in [9.17, 15) is 4.21 Å². The third-order valence-corrected chi connectivity index (χ3v) is 4.60. The Labute approximate surface area is 116 Å². The largest absolute Gasteiger partial charge is 0.490 e. The molecule has 2 rings (SSSR count). The van der Waals surface area contributed by atoms with E-state index in [1.165, 1.54) is 0 Å². The van der Waals surface area contributed by atoms with E-state index in [1.807, 2.05) is 25.2 Å². The molecule has 2 atom stereocenters. The molecule has 106 valence electrons. The standard InChI is InChI=1S/C14H21NO3S/c1-11(15-2)6-9-19(16)12-4-5-13-14(10-12)18-8-3-7-17-13/h4-5,10-11,15H,3,6-9H2,1-2H3. The highest BCUT2D eigenvalue weighted by Gasteiger charge is 2.13. The molecule has 0 aliphatic carbocycles. The van der Waals surface area contributed by atoms with Crippen molar-refractivity contribution in [1.29, 1.82) is 0 Å². The summed E-state index contributed by atoms with van der Waals surface area (Å²) >= 11 is 0. The fourth-order valence-corrected chi connectivity index (χ4v) is 3.09. The van der Waals surface area contributed by atoms with Gasteiger partial charge >= 0.3 is 0 Å². The number of rotatable bonds is 5. The van der Waals surface area contributed by atoms with Gasteiger partial charge in [-0.05, 0) is 32.5 Å². The van der Waals surface area contributed by atoms with Crippen molar-refractivity contribution in [2.24, 2.45) is 0 Å². The van der Waals surface area contributed by atoms with Crippen molar-refractivity contribution in [2.45, 2.75) is 30.7 Å². The quantitative estimate of drug-likeness (QED) is 0.897. The van der Waals surface area contributed by atoms with Crippen molar-refractivity contribution >= 4 is 10.8 Å². The van der Waals surface area contributed by atoms with Crippen molar-refractivity contribution in [3.8, 4) is 11.5 Å². The molecule has 19 heavy (non-hydrogen) atoms. The van der Waals surface area contributed by atoms with Gasteiger partial charge in [-0.25, -0.2) is 0 Å². The lowest BCUT2D eigenvalue weighted by Gasteiger charge is -2.11. The molecular weight excluding hydrogens is 262 g/mol. The Morgan fingerprint density at radius 1 is 1.32 bits per heavy atom. The van der Waals surface area contributed by atoms with Gasteiger partial charge in [-0.1, -0.05) is 0 Å². The SMILES string of the molecule is CNC(C)CCS(=O)c1ccc2c(c1)OCCCO2. The topological polar surface area (TPSA) is 47.6 Å². The normalized spacial score (nSPS) is 17.6. The Morgan fingerprint density at radius 2 is 2.05 bits per heavy atom. The molecule has 1 heterocycles. The van der Waals surface area contributed by atoms with Crippen LogP contribution in [0.2, 0.25) is 0 Å². The molecule has 0 saturated heterocycles. The van der Waals surface area contributed by atoms with Crippen molar-refractivity contribution < 1.29 is 13.7 Å². The van der Waals surface area contributed by atoms with Crippen LogP contribution >= 0.6 is 0 Å². The van der Waals surface area contributed by atoms with Gasteiger partial charge in [-0.3, -0.25) is 4.21 Å². The molecule has 1 aliphatic heterocycles. The van der Waals surface area contributed by atoms with Crippen LogP contribution in [0, 0.1) is 0 Å². The van der Waals surface area contributed by atoms with Gasteiger partial charge in [0.2, 0.25) is 0 Å². The van der Waals surface area contributed by atoms with Gasteiger partial charge in [-0.2, -0.15) is 0 Å². The number of fused-ring (bicyclic) bond motifs is 1. The first-order valence-electron chi connectivity index (χ1n) is 6.66. The van der Waals surface area contributed by atoms with Crippen LogP contribution in [0.3, 0.4) is 0 Å². The van der Waals surface area contributed by atoms with E-state index < -0.39 is 10.8 Å². The fourth-order valence-electron chi connectivity index (χ4n) is 1.83. The maximum absolute atomic E-state index is 12.2. The van der Waals surface area contributed by atoms with Crippen molar-refractivity contribution in [2.75, 3.05) is 26.0 Å². The van der Waals surface area contributed by atoms with Crippen LogP contribution in [0.4, 0.5) is 0 Å². The Hall–Kier alpha value is -1.07. The second-order valence-electron chi connectivity index (χ2n) is 4.69. The molecule has 2 unspecified atom stereocenters. The average Bonchev–Trinajstić information content (AvgIpc) is 2.68. The first-order chi connectivity index (χ1) is 9.20. The molecule has 0 radical (unpaired) electrons. The van der Waals surface area contributed by atoms with E-state index >= 15 is 0 Å². The van der Waals surface area contributed by atoms with Gasteiger partial charge in [0.15, 0.2) is 11.5 Å². The van der Waals surface area contributed by atoms with Gasteiger partial charge in [0.1, 0.15) is 0 Å². The Bertz CT molecular complexity index is 450. The van der Waals surface area contributed by atoms with Crippen LogP contribution in [0.25, 0.3) is 0 Å². The number of hydrogen-bond acceptors (Lipinski definition) is 4. The summed E-state index contributed by atoms with van der Waals surface area (Å²) in [5.41, 5.74) is 0. The second kappa shape index (κ2) is 6.91. The second-order valence-corrected chi connectivity index (χ2v) is 6.26. The third-order valence-electron chi connectivity index (χ3n) is 3.21. The summed E-state index contributed by atoms with van der Waals surface area (Å²) in [6, 6.07) is 5.95. The molecule has 0 saturated carbocycles. The molecule has 0 fully saturated rings. The third kappa shape index (κ3) is 3.94. The molecule has 0 aromatic heterocycles. The maximum Gasteiger partial charge on any atom is 0.162 e. The summed E-state index contributed by atoms with van der Waals surface area (Å²) in [5.74, 6) is 2.12. The van der Waals surface area contributed by atoms with Crippen molar-refractivity contribution in [3.63, 3.8) is 0 Å². The Balaban J connectivity index is 2.04. The minimum atomic E-state index is -0.985. The van der Waals surface area contributed by atoms with Gasteiger partial charge < -0.3 is 14.8 Å². The summed E-state index contributed by atoms with van der Waals surface area (Å²) in [7, 11) is 0.933. The zero-order chi connectivity index (χ0) is 13.7. The van der Waals surface area contributed by atoms with Crippen LogP contribution in [-0.2, 0) is 10.8 Å². The van der Waals surface area contributed by atoms with Crippen LogP contribution in [0.15, 0.2) is 23.1 Å². The molecule has 4 nitrogen and oxygen atoms in total. The van der Waals surface area contributed by atoms with E-state index in [1.54, 1.807) is 0 Å². The molecule has 0 bridgehead atoms. The molecule has 1 aromatic carbocycles. The maximum atomic E-state index is 12.2. The highest BCUT2D eigenvalue weighted by molar-refractivity contribution is 7.85. The summed E-state index contributed by atoms with van der Waals surface area (Å²) in [6.45, 7) is 3.42. The highest BCUT2D eigenvalue weighted by Crippen LogP contribution is 2.31. The van der Waals surface area contributed by atoms with Gasteiger partial charge in [0.25, 0.3) is 0 Å². The van der Waals surface area contributed by atoms with Gasteiger partial charge in [0, 0.05) is 29.2 Å². The minimum Gasteiger partial charge on any atom is -0.490 e. The predicted octanol–water partition coefficient (Wildman–Crippen LogP) is 1.95. The molecule has 5 heteroatoms. The summed E-state index contributed by atoms with van der Waals surface area (Å²) in [6.07, 6.45) is 1.77. The average molecular weight is 283 g/mol. The molecule has 0 spiro atoms. The minimum absolute atomic E-state index is 0.379. The Morgan fingerprint density at radius 3 is 2.79 bits per heavy atom. The lowest BCUT2D eigenvalue weighted by molar-refractivity contribution is 0.297. The number of hydrogen-bond donors (Lipinski definition) is 1. The van der Waals surface area contributed by atoms with Gasteiger partial charge in [0.05, 0.1) is 24.0 Å². The van der Waals surface area contributed by atoms with E-state index in [0.717, 1.165) is 23.5 Å². The molecule has 0 amide bonds. The van der Waals surface area contributed by atoms with Crippen LogP contribution < -0.4 is 14.8 Å². The smallest absolute Gasteiger partial charge is 0.162 e. The van der Waals surface area contributed by atoms with E-state index in [2.05, 4.69) is 12.2 Å². The predicted molar refractivity (Wildman–Crippen MR) is 76.5 cm³/mol. The zero-order valence-corrected chi connectivity index (χ0v) is 12.3. The number of ether oxygens (including phenoxy) is 2. The highest BCUT2D eigenvalue weighted by atomic mass is 32.2. The summed E-state index contributed by atoms with van der Waals surface area (Å²) < 4.78 is 23.4. The summed E-state index contributed by atoms with van der Waals surface area (Å²) in [5, 5.41) is 3.15. The van der Waals surface area contributed by atoms with E-state index in [-0.39, 0.29) is 0 Å². The van der Waals surface area contributed by atoms with Crippen molar-refractivity contribution in [1.82, 2.24) is 5.32 Å². The first-order valence-corrected chi connectivity index (χ1v) is 7.98. The van der Waals surface area contributed by atoms with E-state index in [4.69, 9.17) is 9.47 Å². The Kier molecular flexibility index (Phi) is 5.22. The number of nitrogens with one attached hydrogen (secondary N) is 1. The lowest BCUT2D eigenvalue weighted by Crippen LogP contribution is -2.23. The van der Waals surface area contributed by atoms with Crippen LogP contribution in [0.1, 0.15) is 19.8 Å². The van der Waals surface area contributed by atoms with Crippen LogP contribution in [-0.4, -0.2) is 36.3 Å². The van der Waals surface area contributed by atoms with E-state index in [0.29, 0.717) is 30.8 Å². The fraction of sp³-hybridized carbons (Fsp3) is 0.571. The van der Waals surface area contributed by atoms with Gasteiger partial charge in [-0.15, -0.1) is 0 Å². The summed E-state index contributed by atoms with van der Waals surface area (Å²) in [4.78, 5) is 0.813. The monoisotopic (exact) mass is 283 g/mol. The lowest BCUT2D eigenvalue weighted by atomic mass is 10.3. The molecular formula is C14H21NO3S. The van der Waals surface area contributed by atoms with Crippen molar-refractivity contribution in [3.05, 3.63) is 18.2 Å². The molecule has 1 aromatic rings. The zero-order valence-electron chi connectivity index (χ0n) is 11.5. The van der Waals surface area contributed by atoms with Crippen LogP contribution in [0.5, 0.6) is 11.5 Å².